The van der Waals surface area contributed by atoms with Crippen molar-refractivity contribution in [1.82, 2.24) is 14.9 Å². The zero-order valence-electron chi connectivity index (χ0n) is 11.7. The summed E-state index contributed by atoms with van der Waals surface area (Å²) < 4.78 is 0. The SMILES string of the molecule is NCc1csc(C(c2ccc[nH]2)N2CCCCCC2)n1. The molecule has 1 unspecified atom stereocenters. The molecule has 2 aromatic heterocycles. The molecule has 20 heavy (non-hydrogen) atoms. The molecule has 1 atom stereocenters. The van der Waals surface area contributed by atoms with Gasteiger partial charge in [0.05, 0.1) is 5.69 Å². The number of H-pyrrole nitrogens is 1. The lowest BCUT2D eigenvalue weighted by Gasteiger charge is -2.28. The van der Waals surface area contributed by atoms with Crippen molar-refractivity contribution in [2.75, 3.05) is 13.1 Å². The Hall–Kier alpha value is -1.17. The van der Waals surface area contributed by atoms with E-state index in [-0.39, 0.29) is 6.04 Å². The van der Waals surface area contributed by atoms with Crippen LogP contribution < -0.4 is 5.73 Å². The second-order valence-electron chi connectivity index (χ2n) is 5.36. The Balaban J connectivity index is 1.90. The third-order valence-electron chi connectivity index (χ3n) is 3.93. The maximum atomic E-state index is 5.71. The highest BCUT2D eigenvalue weighted by molar-refractivity contribution is 7.09. The minimum Gasteiger partial charge on any atom is -0.363 e. The van der Waals surface area contributed by atoms with Crippen LogP contribution in [0.2, 0.25) is 0 Å². The molecule has 3 rings (SSSR count). The molecule has 5 heteroatoms. The smallest absolute Gasteiger partial charge is 0.116 e. The zero-order valence-corrected chi connectivity index (χ0v) is 12.5. The molecule has 0 aliphatic carbocycles. The summed E-state index contributed by atoms with van der Waals surface area (Å²) in [4.78, 5) is 10.7. The van der Waals surface area contributed by atoms with Gasteiger partial charge in [0.15, 0.2) is 0 Å². The molecule has 2 aromatic rings. The van der Waals surface area contributed by atoms with Crippen LogP contribution >= 0.6 is 11.3 Å². The fourth-order valence-electron chi connectivity index (χ4n) is 2.90. The van der Waals surface area contributed by atoms with Gasteiger partial charge in [-0.05, 0) is 38.1 Å². The third-order valence-corrected chi connectivity index (χ3v) is 4.88. The summed E-state index contributed by atoms with van der Waals surface area (Å²) >= 11 is 1.73. The van der Waals surface area contributed by atoms with Gasteiger partial charge in [-0.15, -0.1) is 11.3 Å². The van der Waals surface area contributed by atoms with Crippen LogP contribution in [0.5, 0.6) is 0 Å². The van der Waals surface area contributed by atoms with E-state index in [2.05, 4.69) is 27.4 Å². The number of hydrogen-bond acceptors (Lipinski definition) is 4. The molecule has 0 saturated carbocycles. The van der Waals surface area contributed by atoms with Crippen molar-refractivity contribution in [3.05, 3.63) is 40.1 Å². The van der Waals surface area contributed by atoms with Crippen LogP contribution in [0.1, 0.15) is 48.1 Å². The number of nitrogens with two attached hydrogens (primary N) is 1. The molecule has 0 aromatic carbocycles. The highest BCUT2D eigenvalue weighted by Crippen LogP contribution is 2.31. The molecule has 1 fully saturated rings. The van der Waals surface area contributed by atoms with E-state index in [1.165, 1.54) is 31.4 Å². The van der Waals surface area contributed by atoms with Crippen LogP contribution in [0.15, 0.2) is 23.7 Å². The van der Waals surface area contributed by atoms with Crippen molar-refractivity contribution in [1.29, 1.82) is 0 Å². The van der Waals surface area contributed by atoms with Crippen LogP contribution in [0.4, 0.5) is 0 Å². The first-order valence-corrected chi connectivity index (χ1v) is 8.28. The first kappa shape index (κ1) is 13.8. The van der Waals surface area contributed by atoms with Crippen molar-refractivity contribution in [3.63, 3.8) is 0 Å². The number of hydrogen-bond donors (Lipinski definition) is 2. The third kappa shape index (κ3) is 2.95. The van der Waals surface area contributed by atoms with E-state index in [1.54, 1.807) is 11.3 Å². The first-order chi connectivity index (χ1) is 9.88. The summed E-state index contributed by atoms with van der Waals surface area (Å²) in [5, 5.41) is 3.25. The Morgan fingerprint density at radius 1 is 1.30 bits per heavy atom. The number of aromatic amines is 1. The molecule has 1 aliphatic heterocycles. The van der Waals surface area contributed by atoms with Crippen molar-refractivity contribution >= 4 is 11.3 Å². The Morgan fingerprint density at radius 2 is 2.10 bits per heavy atom. The predicted molar refractivity (Wildman–Crippen MR) is 82.7 cm³/mol. The van der Waals surface area contributed by atoms with Crippen LogP contribution in [0, 0.1) is 0 Å². The summed E-state index contributed by atoms with van der Waals surface area (Å²) in [6.45, 7) is 2.83. The zero-order chi connectivity index (χ0) is 13.8. The second-order valence-corrected chi connectivity index (χ2v) is 6.25. The van der Waals surface area contributed by atoms with Gasteiger partial charge in [-0.3, -0.25) is 4.90 Å². The molecule has 4 nitrogen and oxygen atoms in total. The largest absolute Gasteiger partial charge is 0.363 e. The molecule has 3 heterocycles. The minimum absolute atomic E-state index is 0.258. The Kier molecular flexibility index (Phi) is 4.50. The van der Waals surface area contributed by atoms with Crippen molar-refractivity contribution < 1.29 is 0 Å². The van der Waals surface area contributed by atoms with E-state index in [1.807, 2.05) is 6.20 Å². The molecule has 0 amide bonds. The van der Waals surface area contributed by atoms with Crippen LogP contribution in [0.3, 0.4) is 0 Å². The van der Waals surface area contributed by atoms with Gasteiger partial charge >= 0.3 is 0 Å². The summed E-state index contributed by atoms with van der Waals surface area (Å²) in [5.74, 6) is 0. The van der Waals surface area contributed by atoms with E-state index >= 15 is 0 Å². The highest BCUT2D eigenvalue weighted by atomic mass is 32.1. The van der Waals surface area contributed by atoms with Gasteiger partial charge in [0.25, 0.3) is 0 Å². The number of thiazole rings is 1. The molecule has 3 N–H and O–H groups in total. The van der Waals surface area contributed by atoms with Crippen molar-refractivity contribution in [3.8, 4) is 0 Å². The lowest BCUT2D eigenvalue weighted by atomic mass is 10.1. The van der Waals surface area contributed by atoms with Gasteiger partial charge in [-0.1, -0.05) is 12.8 Å². The topological polar surface area (TPSA) is 57.9 Å². The Bertz CT molecular complexity index is 512. The Labute approximate surface area is 124 Å². The molecular weight excluding hydrogens is 268 g/mol. The van der Waals surface area contributed by atoms with E-state index in [0.29, 0.717) is 6.54 Å². The van der Waals surface area contributed by atoms with Crippen LogP contribution in [-0.4, -0.2) is 28.0 Å². The van der Waals surface area contributed by atoms with Gasteiger partial charge < -0.3 is 10.7 Å². The van der Waals surface area contributed by atoms with Crippen molar-refractivity contribution in [2.24, 2.45) is 5.73 Å². The second kappa shape index (κ2) is 6.52. The minimum atomic E-state index is 0.258. The predicted octanol–water partition coefficient (Wildman–Crippen LogP) is 2.90. The molecule has 0 bridgehead atoms. The summed E-state index contributed by atoms with van der Waals surface area (Å²) in [5.41, 5.74) is 7.95. The molecule has 1 saturated heterocycles. The van der Waals surface area contributed by atoms with E-state index < -0.39 is 0 Å². The summed E-state index contributed by atoms with van der Waals surface area (Å²) in [6.07, 6.45) is 7.26. The first-order valence-electron chi connectivity index (χ1n) is 7.40. The quantitative estimate of drug-likeness (QED) is 0.910. The molecule has 1 aliphatic rings. The fraction of sp³-hybridized carbons (Fsp3) is 0.533. The van der Waals surface area contributed by atoms with Gasteiger partial charge in [-0.25, -0.2) is 4.98 Å². The molecular formula is C15H22N4S. The Morgan fingerprint density at radius 3 is 2.70 bits per heavy atom. The van der Waals surface area contributed by atoms with E-state index in [0.717, 1.165) is 23.8 Å². The van der Waals surface area contributed by atoms with E-state index in [9.17, 15) is 0 Å². The van der Waals surface area contributed by atoms with Crippen molar-refractivity contribution in [2.45, 2.75) is 38.3 Å². The van der Waals surface area contributed by atoms with Crippen LogP contribution in [-0.2, 0) is 6.54 Å². The van der Waals surface area contributed by atoms with E-state index in [4.69, 9.17) is 10.7 Å². The average Bonchev–Trinajstić information content (AvgIpc) is 3.08. The molecule has 0 spiro atoms. The number of aromatic nitrogens is 2. The number of nitrogens with one attached hydrogen (secondary N) is 1. The van der Waals surface area contributed by atoms with Crippen LogP contribution in [0.25, 0.3) is 0 Å². The average molecular weight is 290 g/mol. The standard InChI is InChI=1S/C15H22N4S/c16-10-12-11-20-15(18-12)14(13-6-5-7-17-13)19-8-3-1-2-4-9-19/h5-7,11,14,17H,1-4,8-10,16H2. The summed E-state index contributed by atoms with van der Waals surface area (Å²) in [6, 6.07) is 4.49. The fourth-order valence-corrected chi connectivity index (χ4v) is 3.88. The molecule has 0 radical (unpaired) electrons. The lowest BCUT2D eigenvalue weighted by Crippen LogP contribution is -2.30. The highest BCUT2D eigenvalue weighted by Gasteiger charge is 2.26. The number of likely N-dealkylation sites (tertiary alicyclic amines) is 1. The maximum absolute atomic E-state index is 5.71. The summed E-state index contributed by atoms with van der Waals surface area (Å²) in [7, 11) is 0. The van der Waals surface area contributed by atoms with Gasteiger partial charge in [0, 0.05) is 23.8 Å². The lowest BCUT2D eigenvalue weighted by molar-refractivity contribution is 0.231. The number of nitrogens with zero attached hydrogens (tertiary/aromatic N) is 2. The van der Waals surface area contributed by atoms with Gasteiger partial charge in [0.2, 0.25) is 0 Å². The van der Waals surface area contributed by atoms with Gasteiger partial charge in [0.1, 0.15) is 11.0 Å². The molecule has 108 valence electrons. The van der Waals surface area contributed by atoms with Gasteiger partial charge in [-0.2, -0.15) is 0 Å². The number of rotatable bonds is 4. The monoisotopic (exact) mass is 290 g/mol. The maximum Gasteiger partial charge on any atom is 0.116 e. The normalized spacial score (nSPS) is 18.9.